The highest BCUT2D eigenvalue weighted by Gasteiger charge is 2.29. The Balaban J connectivity index is 1.73. The van der Waals surface area contributed by atoms with E-state index in [2.05, 4.69) is 10.2 Å². The van der Waals surface area contributed by atoms with Gasteiger partial charge in [0.1, 0.15) is 0 Å². The third-order valence-corrected chi connectivity index (χ3v) is 4.05. The summed E-state index contributed by atoms with van der Waals surface area (Å²) in [6, 6.07) is -0.548. The van der Waals surface area contributed by atoms with Crippen molar-refractivity contribution >= 4 is 12.0 Å². The summed E-state index contributed by atoms with van der Waals surface area (Å²) in [4.78, 5) is 27.0. The van der Waals surface area contributed by atoms with Crippen molar-refractivity contribution in [2.75, 3.05) is 45.9 Å². The van der Waals surface area contributed by atoms with Crippen LogP contribution in [0, 0.1) is 0 Å². The third kappa shape index (κ3) is 5.17. The molecule has 2 heterocycles. The highest BCUT2D eigenvalue weighted by Crippen LogP contribution is 2.11. The number of carbonyl (C=O) groups is 2. The van der Waals surface area contributed by atoms with Gasteiger partial charge in [0.2, 0.25) is 0 Å². The molecular weight excluding hydrogens is 274 g/mol. The maximum atomic E-state index is 12.2. The number of amides is 2. The number of nitrogens with zero attached hydrogens (tertiary/aromatic N) is 2. The molecular formula is C14H25N3O4. The minimum absolute atomic E-state index is 0.0699. The van der Waals surface area contributed by atoms with Crippen LogP contribution in [-0.4, -0.2) is 78.9 Å². The molecule has 2 N–H and O–H groups in total. The topological polar surface area (TPSA) is 82.1 Å². The van der Waals surface area contributed by atoms with E-state index in [1.807, 2.05) is 0 Å². The van der Waals surface area contributed by atoms with Gasteiger partial charge in [0.25, 0.3) is 0 Å². The summed E-state index contributed by atoms with van der Waals surface area (Å²) in [5, 5.41) is 11.8. The molecule has 0 aromatic rings. The zero-order valence-corrected chi connectivity index (χ0v) is 12.4. The quantitative estimate of drug-likeness (QED) is 0.766. The van der Waals surface area contributed by atoms with E-state index in [4.69, 9.17) is 9.84 Å². The number of urea groups is 1. The second-order valence-electron chi connectivity index (χ2n) is 5.65. The summed E-state index contributed by atoms with van der Waals surface area (Å²) in [6.45, 7) is 4.90. The van der Waals surface area contributed by atoms with Crippen LogP contribution in [0.15, 0.2) is 0 Å². The molecule has 0 aromatic carbocycles. The van der Waals surface area contributed by atoms with E-state index >= 15 is 0 Å². The summed E-state index contributed by atoms with van der Waals surface area (Å²) < 4.78 is 5.27. The van der Waals surface area contributed by atoms with Crippen LogP contribution in [0.1, 0.15) is 25.7 Å². The molecule has 2 amide bonds. The Labute approximate surface area is 125 Å². The van der Waals surface area contributed by atoms with Crippen molar-refractivity contribution in [3.63, 3.8) is 0 Å². The molecule has 1 unspecified atom stereocenters. The first kappa shape index (κ1) is 16.0. The number of rotatable bonds is 5. The van der Waals surface area contributed by atoms with Gasteiger partial charge in [-0.3, -0.25) is 4.79 Å². The van der Waals surface area contributed by atoms with Gasteiger partial charge in [-0.2, -0.15) is 0 Å². The second-order valence-corrected chi connectivity index (χ2v) is 5.65. The lowest BCUT2D eigenvalue weighted by Crippen LogP contribution is -2.54. The number of carboxylic acids is 1. The minimum atomic E-state index is -0.906. The summed E-state index contributed by atoms with van der Waals surface area (Å²) in [6.07, 6.45) is 3.70. The number of carboxylic acid groups (broad SMARTS) is 1. The number of nitrogens with one attached hydrogen (secondary N) is 1. The van der Waals surface area contributed by atoms with Crippen LogP contribution in [-0.2, 0) is 9.53 Å². The van der Waals surface area contributed by atoms with E-state index in [0.717, 1.165) is 19.6 Å². The van der Waals surface area contributed by atoms with E-state index in [9.17, 15) is 9.59 Å². The second kappa shape index (κ2) is 8.19. The van der Waals surface area contributed by atoms with Crippen molar-refractivity contribution < 1.29 is 19.4 Å². The van der Waals surface area contributed by atoms with Crippen molar-refractivity contribution in [1.29, 1.82) is 0 Å². The van der Waals surface area contributed by atoms with E-state index in [1.54, 1.807) is 4.90 Å². The fourth-order valence-electron chi connectivity index (χ4n) is 2.90. The third-order valence-electron chi connectivity index (χ3n) is 4.05. The van der Waals surface area contributed by atoms with Crippen LogP contribution in [0.5, 0.6) is 0 Å². The van der Waals surface area contributed by atoms with Gasteiger partial charge in [-0.25, -0.2) is 4.79 Å². The van der Waals surface area contributed by atoms with Gasteiger partial charge in [-0.15, -0.1) is 0 Å². The largest absolute Gasteiger partial charge is 0.481 e. The number of ether oxygens (including phenoxy) is 1. The lowest BCUT2D eigenvalue weighted by Gasteiger charge is -2.35. The predicted molar refractivity (Wildman–Crippen MR) is 77.3 cm³/mol. The van der Waals surface area contributed by atoms with Gasteiger partial charge in [-0.05, 0) is 25.9 Å². The summed E-state index contributed by atoms with van der Waals surface area (Å²) >= 11 is 0. The van der Waals surface area contributed by atoms with Crippen molar-refractivity contribution in [3.05, 3.63) is 0 Å². The Morgan fingerprint density at radius 2 is 1.95 bits per heavy atom. The monoisotopic (exact) mass is 299 g/mol. The molecule has 2 aliphatic rings. The first-order valence-electron chi connectivity index (χ1n) is 7.73. The molecule has 0 radical (unpaired) electrons. The zero-order chi connectivity index (χ0) is 15.1. The van der Waals surface area contributed by atoms with Crippen molar-refractivity contribution in [3.8, 4) is 0 Å². The van der Waals surface area contributed by atoms with E-state index in [0.29, 0.717) is 26.3 Å². The molecule has 1 atom stereocenters. The Kier molecular flexibility index (Phi) is 6.25. The first-order chi connectivity index (χ1) is 10.2. The van der Waals surface area contributed by atoms with Gasteiger partial charge in [-0.1, -0.05) is 6.42 Å². The van der Waals surface area contributed by atoms with Crippen LogP contribution in [0.4, 0.5) is 4.79 Å². The molecule has 2 rings (SSSR count). The van der Waals surface area contributed by atoms with Crippen LogP contribution < -0.4 is 5.32 Å². The summed E-state index contributed by atoms with van der Waals surface area (Å²) in [7, 11) is 0. The minimum Gasteiger partial charge on any atom is -0.481 e. The van der Waals surface area contributed by atoms with Crippen LogP contribution in [0.25, 0.3) is 0 Å². The van der Waals surface area contributed by atoms with Gasteiger partial charge < -0.3 is 25.0 Å². The molecule has 120 valence electrons. The van der Waals surface area contributed by atoms with Gasteiger partial charge in [0, 0.05) is 19.6 Å². The van der Waals surface area contributed by atoms with E-state index in [1.165, 1.54) is 19.3 Å². The Morgan fingerprint density at radius 1 is 1.19 bits per heavy atom. The Hall–Kier alpha value is -1.34. The fourth-order valence-corrected chi connectivity index (χ4v) is 2.90. The number of likely N-dealkylation sites (tertiary alicyclic amines) is 1. The molecule has 2 fully saturated rings. The van der Waals surface area contributed by atoms with Gasteiger partial charge >= 0.3 is 12.0 Å². The normalized spacial score (nSPS) is 23.8. The maximum absolute atomic E-state index is 12.2. The average Bonchev–Trinajstić information content (AvgIpc) is 2.48. The molecule has 7 nitrogen and oxygen atoms in total. The average molecular weight is 299 g/mol. The standard InChI is InChI=1S/C14H25N3O4/c18-13(19)10-12-11-21-9-8-17(12)14(20)15-4-7-16-5-2-1-3-6-16/h12H,1-11H2,(H,15,20)(H,18,19). The van der Waals surface area contributed by atoms with Crippen molar-refractivity contribution in [2.24, 2.45) is 0 Å². The van der Waals surface area contributed by atoms with Crippen molar-refractivity contribution in [1.82, 2.24) is 15.1 Å². The van der Waals surface area contributed by atoms with E-state index < -0.39 is 5.97 Å². The van der Waals surface area contributed by atoms with Crippen LogP contribution in [0.2, 0.25) is 0 Å². The van der Waals surface area contributed by atoms with Crippen LogP contribution in [0.3, 0.4) is 0 Å². The zero-order valence-electron chi connectivity index (χ0n) is 12.4. The predicted octanol–water partition coefficient (Wildman–Crippen LogP) is 0.357. The fraction of sp³-hybridized carbons (Fsp3) is 0.857. The molecule has 0 aliphatic carbocycles. The van der Waals surface area contributed by atoms with Crippen LogP contribution >= 0.6 is 0 Å². The summed E-state index contributed by atoms with van der Waals surface area (Å²) in [5.41, 5.74) is 0. The number of carbonyl (C=O) groups excluding carboxylic acids is 1. The molecule has 0 bridgehead atoms. The highest BCUT2D eigenvalue weighted by atomic mass is 16.5. The maximum Gasteiger partial charge on any atom is 0.317 e. The Bertz CT molecular complexity index is 358. The smallest absolute Gasteiger partial charge is 0.317 e. The molecule has 0 saturated carbocycles. The first-order valence-corrected chi connectivity index (χ1v) is 7.73. The SMILES string of the molecule is O=C(O)CC1COCCN1C(=O)NCCN1CCCCC1. The molecule has 21 heavy (non-hydrogen) atoms. The van der Waals surface area contributed by atoms with Crippen molar-refractivity contribution in [2.45, 2.75) is 31.7 Å². The Morgan fingerprint density at radius 3 is 2.67 bits per heavy atom. The van der Waals surface area contributed by atoms with Gasteiger partial charge in [0.05, 0.1) is 25.7 Å². The highest BCUT2D eigenvalue weighted by molar-refractivity contribution is 5.76. The molecule has 7 heteroatoms. The number of aliphatic carboxylic acids is 1. The number of piperidine rings is 1. The summed E-state index contributed by atoms with van der Waals surface area (Å²) in [5.74, 6) is -0.906. The van der Waals surface area contributed by atoms with Gasteiger partial charge in [0.15, 0.2) is 0 Å². The molecule has 0 aromatic heterocycles. The number of morpholine rings is 1. The number of hydrogen-bond acceptors (Lipinski definition) is 4. The van der Waals surface area contributed by atoms with E-state index in [-0.39, 0.29) is 18.5 Å². The lowest BCUT2D eigenvalue weighted by molar-refractivity contribution is -0.139. The molecule has 0 spiro atoms. The molecule has 2 saturated heterocycles. The lowest BCUT2D eigenvalue weighted by atomic mass is 10.1. The molecule has 2 aliphatic heterocycles. The number of hydrogen-bond donors (Lipinski definition) is 2.